The normalized spacial score (nSPS) is 13.4. The van der Waals surface area contributed by atoms with Crippen molar-refractivity contribution in [2.75, 3.05) is 14.2 Å². The molecule has 0 bridgehead atoms. The summed E-state index contributed by atoms with van der Waals surface area (Å²) in [4.78, 5) is 17.3. The maximum absolute atomic E-state index is 14.9. The number of nitrogens with zero attached hydrogens (tertiary/aromatic N) is 6. The van der Waals surface area contributed by atoms with E-state index in [1.807, 2.05) is 0 Å². The number of alkyl halides is 3. The molecule has 0 amide bonds. The first kappa shape index (κ1) is 26.3. The predicted octanol–water partition coefficient (Wildman–Crippen LogP) is 5.20. The number of ether oxygens (including phenoxy) is 3. The lowest BCUT2D eigenvalue weighted by molar-refractivity contribution is -0.141. The Morgan fingerprint density at radius 1 is 0.974 bits per heavy atom. The second-order valence-electron chi connectivity index (χ2n) is 8.76. The Morgan fingerprint density at radius 3 is 2.28 bits per heavy atom. The van der Waals surface area contributed by atoms with Crippen molar-refractivity contribution in [1.82, 2.24) is 29.7 Å². The highest BCUT2D eigenvalue weighted by Crippen LogP contribution is 2.45. The van der Waals surface area contributed by atoms with Crippen molar-refractivity contribution in [2.24, 2.45) is 0 Å². The Kier molecular flexibility index (Phi) is 6.78. The molecule has 0 unspecified atom stereocenters. The van der Waals surface area contributed by atoms with Gasteiger partial charge in [0.1, 0.15) is 24.2 Å². The van der Waals surface area contributed by atoms with Crippen molar-refractivity contribution in [3.63, 3.8) is 0 Å². The molecule has 1 fully saturated rings. The van der Waals surface area contributed by atoms with Gasteiger partial charge in [0.25, 0.3) is 5.88 Å². The van der Waals surface area contributed by atoms with Crippen LogP contribution in [0.1, 0.15) is 41.4 Å². The van der Waals surface area contributed by atoms with E-state index >= 15 is 0 Å². The third kappa shape index (κ3) is 5.18. The van der Waals surface area contributed by atoms with Gasteiger partial charge < -0.3 is 14.2 Å². The van der Waals surface area contributed by atoms with Crippen LogP contribution in [0.5, 0.6) is 17.5 Å². The molecule has 9 nitrogen and oxygen atoms in total. The van der Waals surface area contributed by atoms with Crippen molar-refractivity contribution < 1.29 is 36.2 Å². The number of halogens is 5. The lowest BCUT2D eigenvalue weighted by Gasteiger charge is -2.14. The Bertz CT molecular complexity index is 1510. The van der Waals surface area contributed by atoms with Gasteiger partial charge in [-0.25, -0.2) is 28.4 Å². The number of aromatic nitrogens is 6. The zero-order valence-electron chi connectivity index (χ0n) is 20.9. The van der Waals surface area contributed by atoms with Gasteiger partial charge in [0.05, 0.1) is 26.1 Å². The van der Waals surface area contributed by atoms with E-state index in [4.69, 9.17) is 14.2 Å². The van der Waals surface area contributed by atoms with Gasteiger partial charge in [-0.15, -0.1) is 0 Å². The van der Waals surface area contributed by atoms with Crippen molar-refractivity contribution in [3.8, 4) is 34.6 Å². The Labute approximate surface area is 218 Å². The standard InChI is InChI=1S/C25H21F5N6O3/c1-12-6-18(25(28,29)30)35-36(12)21-15(26)7-13(8-16(21)27)10-39-23-17(37-2)9-31-22(34-23)19-20(14-4-5-14)32-11-33-24(19)38-3/h6-9,11,14H,4-5,10H2,1-3H3. The molecule has 4 aromatic rings. The highest BCUT2D eigenvalue weighted by atomic mass is 19.4. The summed E-state index contributed by atoms with van der Waals surface area (Å²) >= 11 is 0. The van der Waals surface area contributed by atoms with Crippen LogP contribution >= 0.6 is 0 Å². The van der Waals surface area contributed by atoms with Gasteiger partial charge in [0.2, 0.25) is 5.88 Å². The Hall–Kier alpha value is -4.36. The van der Waals surface area contributed by atoms with Gasteiger partial charge in [-0.2, -0.15) is 23.3 Å². The van der Waals surface area contributed by atoms with E-state index in [-0.39, 0.29) is 47.1 Å². The third-order valence-corrected chi connectivity index (χ3v) is 6.01. The van der Waals surface area contributed by atoms with Crippen molar-refractivity contribution in [2.45, 2.75) is 38.5 Å². The molecule has 1 aliphatic carbocycles. The first-order valence-corrected chi connectivity index (χ1v) is 11.7. The van der Waals surface area contributed by atoms with Crippen molar-refractivity contribution in [3.05, 3.63) is 65.0 Å². The monoisotopic (exact) mass is 548 g/mol. The van der Waals surface area contributed by atoms with Crippen LogP contribution in [0.25, 0.3) is 17.1 Å². The Balaban J connectivity index is 1.44. The number of aryl methyl sites for hydroxylation is 1. The fraction of sp³-hybridized carbons (Fsp3) is 0.320. The maximum atomic E-state index is 14.9. The molecule has 5 rings (SSSR count). The van der Waals surface area contributed by atoms with Gasteiger partial charge in [-0.05, 0) is 43.5 Å². The highest BCUT2D eigenvalue weighted by molar-refractivity contribution is 5.66. The summed E-state index contributed by atoms with van der Waals surface area (Å²) in [5, 5.41) is 3.32. The maximum Gasteiger partial charge on any atom is 0.435 e. The van der Waals surface area contributed by atoms with Crippen LogP contribution in [0, 0.1) is 18.6 Å². The second kappa shape index (κ2) is 10.1. The van der Waals surface area contributed by atoms with Gasteiger partial charge >= 0.3 is 6.18 Å². The Morgan fingerprint density at radius 2 is 1.69 bits per heavy atom. The second-order valence-corrected chi connectivity index (χ2v) is 8.76. The minimum absolute atomic E-state index is 0.0159. The molecular formula is C25H21F5N6O3. The topological polar surface area (TPSA) is 97.1 Å². The molecule has 204 valence electrons. The summed E-state index contributed by atoms with van der Waals surface area (Å²) in [6.07, 6.45) is -0.0750. The first-order valence-electron chi connectivity index (χ1n) is 11.7. The van der Waals surface area contributed by atoms with Crippen LogP contribution in [0.3, 0.4) is 0 Å². The highest BCUT2D eigenvalue weighted by Gasteiger charge is 2.35. The van der Waals surface area contributed by atoms with E-state index < -0.39 is 29.2 Å². The minimum atomic E-state index is -4.76. The quantitative estimate of drug-likeness (QED) is 0.277. The number of hydrogen-bond donors (Lipinski definition) is 0. The third-order valence-electron chi connectivity index (χ3n) is 6.01. The van der Waals surface area contributed by atoms with Crippen LogP contribution in [-0.4, -0.2) is 43.9 Å². The predicted molar refractivity (Wildman–Crippen MR) is 126 cm³/mol. The van der Waals surface area contributed by atoms with E-state index in [0.29, 0.717) is 16.3 Å². The largest absolute Gasteiger partial charge is 0.490 e. The molecular weight excluding hydrogens is 527 g/mol. The van der Waals surface area contributed by atoms with Gasteiger partial charge in [-0.3, -0.25) is 0 Å². The molecule has 0 saturated heterocycles. The fourth-order valence-electron chi connectivity index (χ4n) is 4.03. The zero-order chi connectivity index (χ0) is 27.9. The lowest BCUT2D eigenvalue weighted by Crippen LogP contribution is -2.10. The average molecular weight is 548 g/mol. The molecule has 0 atom stereocenters. The van der Waals surface area contributed by atoms with Crippen molar-refractivity contribution in [1.29, 1.82) is 0 Å². The zero-order valence-corrected chi connectivity index (χ0v) is 20.9. The molecule has 39 heavy (non-hydrogen) atoms. The van der Waals surface area contributed by atoms with Crippen LogP contribution in [0.15, 0.2) is 30.7 Å². The minimum Gasteiger partial charge on any atom is -0.490 e. The van der Waals surface area contributed by atoms with E-state index in [1.54, 1.807) is 0 Å². The van der Waals surface area contributed by atoms with Gasteiger partial charge in [0.15, 0.2) is 28.9 Å². The summed E-state index contributed by atoms with van der Waals surface area (Å²) < 4.78 is 85.9. The van der Waals surface area contributed by atoms with Crippen LogP contribution in [0.2, 0.25) is 0 Å². The molecule has 1 saturated carbocycles. The molecule has 0 radical (unpaired) electrons. The molecule has 3 aromatic heterocycles. The molecule has 0 spiro atoms. The molecule has 1 aliphatic rings. The van der Waals surface area contributed by atoms with E-state index in [9.17, 15) is 22.0 Å². The van der Waals surface area contributed by atoms with E-state index in [1.165, 1.54) is 33.7 Å². The summed E-state index contributed by atoms with van der Waals surface area (Å²) in [7, 11) is 2.84. The van der Waals surface area contributed by atoms with Gasteiger partial charge in [-0.1, -0.05) is 0 Å². The summed E-state index contributed by atoms with van der Waals surface area (Å²) in [5.41, 5.74) is -0.797. The smallest absolute Gasteiger partial charge is 0.435 e. The summed E-state index contributed by atoms with van der Waals surface area (Å²) in [6.45, 7) is 0.920. The molecule has 0 aliphatic heterocycles. The lowest BCUT2D eigenvalue weighted by atomic mass is 10.1. The number of hydrogen-bond acceptors (Lipinski definition) is 8. The van der Waals surface area contributed by atoms with Gasteiger partial charge in [0, 0.05) is 11.6 Å². The molecule has 1 aromatic carbocycles. The van der Waals surface area contributed by atoms with Crippen molar-refractivity contribution >= 4 is 0 Å². The van der Waals surface area contributed by atoms with Crippen LogP contribution < -0.4 is 14.2 Å². The molecule has 14 heteroatoms. The summed E-state index contributed by atoms with van der Waals surface area (Å²) in [6, 6.07) is 2.59. The number of rotatable bonds is 8. The molecule has 3 heterocycles. The number of methoxy groups -OCH3 is 2. The SMILES string of the molecule is COc1cnc(-c2c(OC)ncnc2C2CC2)nc1OCc1cc(F)c(-n2nc(C(F)(F)F)cc2C)c(F)c1. The average Bonchev–Trinajstić information content (AvgIpc) is 3.67. The van der Waals surface area contributed by atoms with Crippen LogP contribution in [-0.2, 0) is 12.8 Å². The number of benzene rings is 1. The van der Waals surface area contributed by atoms with Crippen LogP contribution in [0.4, 0.5) is 22.0 Å². The first-order chi connectivity index (χ1) is 18.6. The summed E-state index contributed by atoms with van der Waals surface area (Å²) in [5.74, 6) is -1.38. The van der Waals surface area contributed by atoms with E-state index in [2.05, 4.69) is 25.0 Å². The molecule has 0 N–H and O–H groups in total. The fourth-order valence-corrected chi connectivity index (χ4v) is 4.03. The van der Waals surface area contributed by atoms with E-state index in [0.717, 1.165) is 30.7 Å².